The molecule has 0 heterocycles. The molecule has 1 aromatic carbocycles. The van der Waals surface area contributed by atoms with E-state index < -0.39 is 0 Å². The first-order chi connectivity index (χ1) is 10.8. The van der Waals surface area contributed by atoms with Crippen LogP contribution in [0.25, 0.3) is 0 Å². The summed E-state index contributed by atoms with van der Waals surface area (Å²) in [4.78, 5) is 12.1. The Morgan fingerprint density at radius 1 is 1.22 bits per heavy atom. The molecule has 130 valence electrons. The summed E-state index contributed by atoms with van der Waals surface area (Å²) in [5.74, 6) is 0.664. The van der Waals surface area contributed by atoms with Gasteiger partial charge in [0.15, 0.2) is 0 Å². The van der Waals surface area contributed by atoms with Crippen LogP contribution in [0.4, 0.5) is 5.69 Å². The first kappa shape index (κ1) is 19.5. The van der Waals surface area contributed by atoms with Gasteiger partial charge in [0.25, 0.3) is 0 Å². The monoisotopic (exact) mass is 321 g/mol. The highest BCUT2D eigenvalue weighted by Crippen LogP contribution is 2.23. The number of ether oxygens (including phenoxy) is 1. The van der Waals surface area contributed by atoms with Crippen LogP contribution in [0, 0.1) is 0 Å². The molecule has 0 radical (unpaired) electrons. The quantitative estimate of drug-likeness (QED) is 0.612. The smallest absolute Gasteiger partial charge is 0.226 e. The van der Waals surface area contributed by atoms with Crippen LogP contribution in [0.1, 0.15) is 40.5 Å². The third-order valence-corrected chi connectivity index (χ3v) is 3.37. The molecule has 1 amide bonds. The largest absolute Gasteiger partial charge is 0.495 e. The number of rotatable bonds is 9. The number of benzene rings is 1. The highest BCUT2D eigenvalue weighted by molar-refractivity contribution is 5.92. The lowest BCUT2D eigenvalue weighted by Gasteiger charge is -2.21. The van der Waals surface area contributed by atoms with E-state index >= 15 is 0 Å². The topological polar surface area (TPSA) is 62.4 Å². The standard InChI is InChI=1S/C18H31N3O2/c1-14(19-11-8-12-20-18(2,3)4)13-17(22)21-15-9-6-7-10-16(15)23-5/h6-7,9-10,14,19-20H,8,11-13H2,1-5H3,(H,21,22)/t14-/m0/s1. The van der Waals surface area contributed by atoms with Gasteiger partial charge in [-0.05, 0) is 59.3 Å². The molecule has 1 atom stereocenters. The molecule has 0 bridgehead atoms. The van der Waals surface area contributed by atoms with Crippen molar-refractivity contribution >= 4 is 11.6 Å². The Hall–Kier alpha value is -1.59. The van der Waals surface area contributed by atoms with Crippen LogP contribution in [-0.4, -0.2) is 37.7 Å². The molecule has 0 aliphatic carbocycles. The van der Waals surface area contributed by atoms with Gasteiger partial charge in [0.2, 0.25) is 5.91 Å². The van der Waals surface area contributed by atoms with Crippen LogP contribution in [-0.2, 0) is 4.79 Å². The normalized spacial score (nSPS) is 12.7. The van der Waals surface area contributed by atoms with Crippen LogP contribution in [0.2, 0.25) is 0 Å². The van der Waals surface area contributed by atoms with E-state index in [-0.39, 0.29) is 17.5 Å². The molecule has 0 aliphatic rings. The number of para-hydroxylation sites is 2. The molecular weight excluding hydrogens is 290 g/mol. The van der Waals surface area contributed by atoms with Crippen molar-refractivity contribution in [3.05, 3.63) is 24.3 Å². The Labute approximate surface area is 140 Å². The van der Waals surface area contributed by atoms with Gasteiger partial charge < -0.3 is 20.7 Å². The van der Waals surface area contributed by atoms with Gasteiger partial charge in [-0.1, -0.05) is 12.1 Å². The molecule has 5 heteroatoms. The van der Waals surface area contributed by atoms with Gasteiger partial charge in [0.1, 0.15) is 5.75 Å². The van der Waals surface area contributed by atoms with Crippen LogP contribution in [0.15, 0.2) is 24.3 Å². The fraction of sp³-hybridized carbons (Fsp3) is 0.611. The summed E-state index contributed by atoms with van der Waals surface area (Å²) < 4.78 is 5.23. The van der Waals surface area contributed by atoms with Gasteiger partial charge in [-0.3, -0.25) is 4.79 Å². The second kappa shape index (κ2) is 9.53. The molecule has 0 spiro atoms. The molecule has 3 N–H and O–H groups in total. The molecule has 23 heavy (non-hydrogen) atoms. The van der Waals surface area contributed by atoms with E-state index in [1.54, 1.807) is 7.11 Å². The highest BCUT2D eigenvalue weighted by atomic mass is 16.5. The molecule has 0 saturated carbocycles. The van der Waals surface area contributed by atoms with Gasteiger partial charge in [-0.25, -0.2) is 0 Å². The maximum atomic E-state index is 12.1. The number of hydrogen-bond acceptors (Lipinski definition) is 4. The fourth-order valence-electron chi connectivity index (χ4n) is 2.20. The number of methoxy groups -OCH3 is 1. The van der Waals surface area contributed by atoms with Crippen LogP contribution >= 0.6 is 0 Å². The zero-order valence-corrected chi connectivity index (χ0v) is 15.0. The van der Waals surface area contributed by atoms with E-state index in [1.165, 1.54) is 0 Å². The second-order valence-corrected chi connectivity index (χ2v) is 6.84. The predicted octanol–water partition coefficient (Wildman–Crippen LogP) is 2.78. The third-order valence-electron chi connectivity index (χ3n) is 3.37. The van der Waals surface area contributed by atoms with Crippen molar-refractivity contribution in [2.75, 3.05) is 25.5 Å². The van der Waals surface area contributed by atoms with Gasteiger partial charge >= 0.3 is 0 Å². The van der Waals surface area contributed by atoms with Gasteiger partial charge in [-0.15, -0.1) is 0 Å². The lowest BCUT2D eigenvalue weighted by Crippen LogP contribution is -2.38. The number of anilines is 1. The minimum Gasteiger partial charge on any atom is -0.495 e. The minimum atomic E-state index is -0.0117. The van der Waals surface area contributed by atoms with Crippen molar-refractivity contribution in [3.63, 3.8) is 0 Å². The third kappa shape index (κ3) is 8.57. The van der Waals surface area contributed by atoms with Gasteiger partial charge in [0.05, 0.1) is 12.8 Å². The van der Waals surface area contributed by atoms with E-state index in [9.17, 15) is 4.79 Å². The second-order valence-electron chi connectivity index (χ2n) is 6.84. The summed E-state index contributed by atoms with van der Waals surface area (Å²) in [6, 6.07) is 7.57. The minimum absolute atomic E-state index is 0.0117. The Morgan fingerprint density at radius 3 is 2.57 bits per heavy atom. The number of hydrogen-bond donors (Lipinski definition) is 3. The summed E-state index contributed by atoms with van der Waals surface area (Å²) in [5, 5.41) is 9.73. The lowest BCUT2D eigenvalue weighted by molar-refractivity contribution is -0.116. The zero-order valence-electron chi connectivity index (χ0n) is 15.0. The predicted molar refractivity (Wildman–Crippen MR) is 96.1 cm³/mol. The van der Waals surface area contributed by atoms with Crippen molar-refractivity contribution in [2.45, 2.75) is 52.1 Å². The van der Waals surface area contributed by atoms with Gasteiger partial charge in [0, 0.05) is 18.0 Å². The summed E-state index contributed by atoms with van der Waals surface area (Å²) in [5.41, 5.74) is 0.863. The lowest BCUT2D eigenvalue weighted by atomic mass is 10.1. The van der Waals surface area contributed by atoms with Crippen molar-refractivity contribution in [3.8, 4) is 5.75 Å². The van der Waals surface area contributed by atoms with Gasteiger partial charge in [-0.2, -0.15) is 0 Å². The maximum absolute atomic E-state index is 12.1. The van der Waals surface area contributed by atoms with E-state index in [2.05, 4.69) is 36.7 Å². The fourth-order valence-corrected chi connectivity index (χ4v) is 2.20. The molecule has 0 aliphatic heterocycles. The van der Waals surface area contributed by atoms with Crippen LogP contribution in [0.5, 0.6) is 5.75 Å². The zero-order chi connectivity index (χ0) is 17.3. The number of carbonyl (C=O) groups is 1. The summed E-state index contributed by atoms with van der Waals surface area (Å²) in [7, 11) is 1.60. The Kier molecular flexibility index (Phi) is 8.06. The number of amides is 1. The van der Waals surface area contributed by atoms with Crippen molar-refractivity contribution in [2.24, 2.45) is 0 Å². The maximum Gasteiger partial charge on any atom is 0.226 e. The van der Waals surface area contributed by atoms with E-state index in [4.69, 9.17) is 4.74 Å². The first-order valence-corrected chi connectivity index (χ1v) is 8.23. The Morgan fingerprint density at radius 2 is 1.91 bits per heavy atom. The molecule has 1 rings (SSSR count). The molecule has 1 aromatic rings. The Balaban J connectivity index is 2.26. The summed E-state index contributed by atoms with van der Waals surface area (Å²) in [6.45, 7) is 10.4. The van der Waals surface area contributed by atoms with Crippen LogP contribution < -0.4 is 20.7 Å². The summed E-state index contributed by atoms with van der Waals surface area (Å²) >= 11 is 0. The van der Waals surface area contributed by atoms with E-state index in [0.29, 0.717) is 17.9 Å². The SMILES string of the molecule is COc1ccccc1NC(=O)C[C@H](C)NCCCNC(C)(C)C. The molecule has 0 fully saturated rings. The van der Waals surface area contributed by atoms with E-state index in [1.807, 2.05) is 31.2 Å². The molecular formula is C18H31N3O2. The van der Waals surface area contributed by atoms with Crippen molar-refractivity contribution in [1.82, 2.24) is 10.6 Å². The number of carbonyl (C=O) groups excluding carboxylic acids is 1. The van der Waals surface area contributed by atoms with Crippen LogP contribution in [0.3, 0.4) is 0 Å². The molecule has 0 aromatic heterocycles. The first-order valence-electron chi connectivity index (χ1n) is 8.23. The average molecular weight is 321 g/mol. The van der Waals surface area contributed by atoms with E-state index in [0.717, 1.165) is 19.5 Å². The molecule has 0 saturated heterocycles. The molecule has 5 nitrogen and oxygen atoms in total. The Bertz CT molecular complexity index is 483. The summed E-state index contributed by atoms with van der Waals surface area (Å²) in [6.07, 6.45) is 1.47. The average Bonchev–Trinajstić information content (AvgIpc) is 2.46. The highest BCUT2D eigenvalue weighted by Gasteiger charge is 2.11. The van der Waals surface area contributed by atoms with Crippen molar-refractivity contribution in [1.29, 1.82) is 0 Å². The van der Waals surface area contributed by atoms with Crippen molar-refractivity contribution < 1.29 is 9.53 Å². The molecule has 0 unspecified atom stereocenters. The number of nitrogens with one attached hydrogen (secondary N) is 3.